The van der Waals surface area contributed by atoms with Crippen molar-refractivity contribution in [1.29, 1.82) is 0 Å². The molecule has 0 saturated heterocycles. The fourth-order valence-electron chi connectivity index (χ4n) is 2.49. The average Bonchev–Trinajstić information content (AvgIpc) is 2.28. The Balaban J connectivity index is 1.87. The minimum atomic E-state index is -0.267. The van der Waals surface area contributed by atoms with E-state index in [1.165, 1.54) is 37.7 Å². The second-order valence-corrected chi connectivity index (χ2v) is 5.31. The zero-order valence-corrected chi connectivity index (χ0v) is 10.9. The summed E-state index contributed by atoms with van der Waals surface area (Å²) >= 11 is 0. The Kier molecular flexibility index (Phi) is 4.61. The summed E-state index contributed by atoms with van der Waals surface area (Å²) in [6.07, 6.45) is 8.27. The lowest BCUT2D eigenvalue weighted by molar-refractivity contribution is 0.163. The minimum Gasteiger partial charge on any atom is -0.388 e. The first-order valence-corrected chi connectivity index (χ1v) is 7.09. The maximum atomic E-state index is 10.0. The molecule has 94 valence electrons. The molecule has 2 rings (SSSR count). The zero-order valence-electron chi connectivity index (χ0n) is 10.9. The van der Waals surface area contributed by atoms with Crippen molar-refractivity contribution in [2.75, 3.05) is 0 Å². The van der Waals surface area contributed by atoms with Crippen molar-refractivity contribution in [2.45, 2.75) is 63.9 Å². The number of aliphatic hydroxyl groups is 1. The highest BCUT2D eigenvalue weighted by molar-refractivity contribution is 5.27. The van der Waals surface area contributed by atoms with Crippen LogP contribution in [0, 0.1) is 0 Å². The third-order valence-electron chi connectivity index (χ3n) is 3.98. The van der Waals surface area contributed by atoms with E-state index in [0.717, 1.165) is 24.3 Å². The largest absolute Gasteiger partial charge is 0.388 e. The highest BCUT2D eigenvalue weighted by Gasteiger charge is 2.19. The SMILES string of the molecule is CCCCCC(O)c1ccc(C2CCC2)cc1. The van der Waals surface area contributed by atoms with Crippen LogP contribution in [0.3, 0.4) is 0 Å². The van der Waals surface area contributed by atoms with E-state index in [1.807, 2.05) is 0 Å². The van der Waals surface area contributed by atoms with Crippen LogP contribution in [0.5, 0.6) is 0 Å². The smallest absolute Gasteiger partial charge is 0.0790 e. The number of unbranched alkanes of at least 4 members (excludes halogenated alkanes) is 2. The number of hydrogen-bond acceptors (Lipinski definition) is 1. The summed E-state index contributed by atoms with van der Waals surface area (Å²) in [4.78, 5) is 0. The lowest BCUT2D eigenvalue weighted by atomic mass is 9.80. The highest BCUT2D eigenvalue weighted by Crippen LogP contribution is 2.36. The zero-order chi connectivity index (χ0) is 12.1. The van der Waals surface area contributed by atoms with Gasteiger partial charge in [0.1, 0.15) is 0 Å². The van der Waals surface area contributed by atoms with Crippen LogP contribution >= 0.6 is 0 Å². The standard InChI is InChI=1S/C16H24O/c1-2-3-4-8-16(17)15-11-9-14(10-12-15)13-6-5-7-13/h9-13,16-17H,2-8H2,1H3. The Hall–Kier alpha value is -0.820. The van der Waals surface area contributed by atoms with E-state index in [0.29, 0.717) is 0 Å². The van der Waals surface area contributed by atoms with Gasteiger partial charge in [-0.05, 0) is 36.3 Å². The molecule has 1 fully saturated rings. The van der Waals surface area contributed by atoms with E-state index in [9.17, 15) is 5.11 Å². The van der Waals surface area contributed by atoms with Crippen molar-refractivity contribution in [1.82, 2.24) is 0 Å². The number of benzene rings is 1. The molecule has 0 spiro atoms. The predicted octanol–water partition coefficient (Wildman–Crippen LogP) is 4.57. The Labute approximate surface area is 105 Å². The summed E-state index contributed by atoms with van der Waals surface area (Å²) in [7, 11) is 0. The van der Waals surface area contributed by atoms with Gasteiger partial charge >= 0.3 is 0 Å². The topological polar surface area (TPSA) is 20.2 Å². The summed E-state index contributed by atoms with van der Waals surface area (Å²) in [5, 5.41) is 10.0. The molecule has 17 heavy (non-hydrogen) atoms. The van der Waals surface area contributed by atoms with Crippen molar-refractivity contribution < 1.29 is 5.11 Å². The highest BCUT2D eigenvalue weighted by atomic mass is 16.3. The van der Waals surface area contributed by atoms with Gasteiger partial charge in [-0.1, -0.05) is 56.9 Å². The molecule has 1 aliphatic carbocycles. The lowest BCUT2D eigenvalue weighted by Crippen LogP contribution is -2.08. The fraction of sp³-hybridized carbons (Fsp3) is 0.625. The molecule has 1 unspecified atom stereocenters. The van der Waals surface area contributed by atoms with Gasteiger partial charge < -0.3 is 5.11 Å². The second kappa shape index (κ2) is 6.20. The van der Waals surface area contributed by atoms with Gasteiger partial charge in [0.25, 0.3) is 0 Å². The molecule has 0 bridgehead atoms. The van der Waals surface area contributed by atoms with Crippen LogP contribution in [0.1, 0.15) is 75.0 Å². The molecule has 1 aliphatic rings. The maximum Gasteiger partial charge on any atom is 0.0790 e. The van der Waals surface area contributed by atoms with Crippen LogP contribution < -0.4 is 0 Å². The molecule has 0 aliphatic heterocycles. The summed E-state index contributed by atoms with van der Waals surface area (Å²) in [6, 6.07) is 8.65. The molecule has 0 amide bonds. The molecule has 1 aromatic carbocycles. The van der Waals surface area contributed by atoms with Gasteiger partial charge in [0.15, 0.2) is 0 Å². The van der Waals surface area contributed by atoms with Crippen molar-refractivity contribution in [3.8, 4) is 0 Å². The number of hydrogen-bond donors (Lipinski definition) is 1. The molecule has 1 aromatic rings. The van der Waals surface area contributed by atoms with Gasteiger partial charge in [-0.3, -0.25) is 0 Å². The van der Waals surface area contributed by atoms with Crippen LogP contribution in [0.15, 0.2) is 24.3 Å². The molecule has 0 aromatic heterocycles. The van der Waals surface area contributed by atoms with Crippen LogP contribution in [0.4, 0.5) is 0 Å². The molecular formula is C16H24O. The van der Waals surface area contributed by atoms with Crippen LogP contribution in [0.2, 0.25) is 0 Å². The minimum absolute atomic E-state index is 0.267. The van der Waals surface area contributed by atoms with Gasteiger partial charge in [-0.15, -0.1) is 0 Å². The van der Waals surface area contributed by atoms with E-state index in [4.69, 9.17) is 0 Å². The normalized spacial score (nSPS) is 17.8. The predicted molar refractivity (Wildman–Crippen MR) is 72.1 cm³/mol. The summed E-state index contributed by atoms with van der Waals surface area (Å²) < 4.78 is 0. The van der Waals surface area contributed by atoms with Gasteiger partial charge in [-0.25, -0.2) is 0 Å². The summed E-state index contributed by atoms with van der Waals surface area (Å²) in [6.45, 7) is 2.19. The Morgan fingerprint density at radius 3 is 2.41 bits per heavy atom. The first kappa shape index (κ1) is 12.6. The summed E-state index contributed by atoms with van der Waals surface area (Å²) in [5.41, 5.74) is 2.55. The van der Waals surface area contributed by atoms with Gasteiger partial charge in [-0.2, -0.15) is 0 Å². The molecule has 0 heterocycles. The van der Waals surface area contributed by atoms with E-state index < -0.39 is 0 Å². The fourth-order valence-corrected chi connectivity index (χ4v) is 2.49. The second-order valence-electron chi connectivity index (χ2n) is 5.31. The van der Waals surface area contributed by atoms with Crippen molar-refractivity contribution in [2.24, 2.45) is 0 Å². The van der Waals surface area contributed by atoms with Gasteiger partial charge in [0, 0.05) is 0 Å². The van der Waals surface area contributed by atoms with Gasteiger partial charge in [0.2, 0.25) is 0 Å². The number of aliphatic hydroxyl groups excluding tert-OH is 1. The Morgan fingerprint density at radius 1 is 1.18 bits per heavy atom. The maximum absolute atomic E-state index is 10.0. The first-order chi connectivity index (χ1) is 8.31. The van der Waals surface area contributed by atoms with E-state index in [2.05, 4.69) is 31.2 Å². The molecule has 1 saturated carbocycles. The lowest BCUT2D eigenvalue weighted by Gasteiger charge is -2.26. The molecule has 1 nitrogen and oxygen atoms in total. The molecule has 0 radical (unpaired) electrons. The van der Waals surface area contributed by atoms with E-state index in [-0.39, 0.29) is 6.10 Å². The quantitative estimate of drug-likeness (QED) is 0.712. The van der Waals surface area contributed by atoms with Crippen LogP contribution in [-0.2, 0) is 0 Å². The third-order valence-corrected chi connectivity index (χ3v) is 3.98. The third kappa shape index (κ3) is 3.32. The molecule has 1 atom stereocenters. The van der Waals surface area contributed by atoms with Crippen LogP contribution in [-0.4, -0.2) is 5.11 Å². The van der Waals surface area contributed by atoms with E-state index in [1.54, 1.807) is 0 Å². The van der Waals surface area contributed by atoms with Crippen molar-refractivity contribution >= 4 is 0 Å². The molecule has 1 N–H and O–H groups in total. The summed E-state index contributed by atoms with van der Waals surface area (Å²) in [5.74, 6) is 0.793. The van der Waals surface area contributed by atoms with Crippen molar-refractivity contribution in [3.05, 3.63) is 35.4 Å². The Morgan fingerprint density at radius 2 is 1.88 bits per heavy atom. The van der Waals surface area contributed by atoms with Crippen LogP contribution in [0.25, 0.3) is 0 Å². The van der Waals surface area contributed by atoms with Gasteiger partial charge in [0.05, 0.1) is 6.10 Å². The van der Waals surface area contributed by atoms with E-state index >= 15 is 0 Å². The van der Waals surface area contributed by atoms with Crippen molar-refractivity contribution in [3.63, 3.8) is 0 Å². The average molecular weight is 232 g/mol. The first-order valence-electron chi connectivity index (χ1n) is 7.09. The Bertz CT molecular complexity index is 324. The molecular weight excluding hydrogens is 208 g/mol. The molecule has 1 heteroatoms. The monoisotopic (exact) mass is 232 g/mol. The number of rotatable bonds is 6.